The Morgan fingerprint density at radius 3 is 2.47 bits per heavy atom. The number of ether oxygens (including phenoxy) is 1. The normalized spacial score (nSPS) is 24.7. The van der Waals surface area contributed by atoms with Gasteiger partial charge in [0.15, 0.2) is 0 Å². The molecule has 3 unspecified atom stereocenters. The summed E-state index contributed by atoms with van der Waals surface area (Å²) in [7, 11) is 0. The predicted octanol–water partition coefficient (Wildman–Crippen LogP) is 5.05. The van der Waals surface area contributed by atoms with E-state index in [1.165, 1.54) is 5.56 Å². The van der Waals surface area contributed by atoms with E-state index in [0.29, 0.717) is 28.2 Å². The second-order valence-corrected chi connectivity index (χ2v) is 5.45. The third-order valence-electron chi connectivity index (χ3n) is 3.51. The van der Waals surface area contributed by atoms with Gasteiger partial charge in [-0.3, -0.25) is 0 Å². The summed E-state index contributed by atoms with van der Waals surface area (Å²) in [5.74, 6) is 0.520. The quantitative estimate of drug-likeness (QED) is 0.683. The van der Waals surface area contributed by atoms with Crippen LogP contribution in [0.5, 0.6) is 0 Å². The minimum Gasteiger partial charge on any atom is -0.370 e. The van der Waals surface area contributed by atoms with Crippen molar-refractivity contribution in [3.8, 4) is 0 Å². The maximum atomic E-state index is 6.06. The number of benzene rings is 1. The van der Waals surface area contributed by atoms with E-state index >= 15 is 0 Å². The van der Waals surface area contributed by atoms with Gasteiger partial charge in [0, 0.05) is 0 Å². The van der Waals surface area contributed by atoms with E-state index in [2.05, 4.69) is 19.9 Å². The van der Waals surface area contributed by atoms with Gasteiger partial charge >= 0.3 is 0 Å². The van der Waals surface area contributed by atoms with Gasteiger partial charge in [-0.05, 0) is 42.9 Å². The molecule has 1 aromatic rings. The van der Waals surface area contributed by atoms with E-state index < -0.39 is 0 Å². The average molecular weight is 273 g/mol. The molecule has 3 atom stereocenters. The molecule has 3 heteroatoms. The number of halogens is 2. The fraction of sp³-hybridized carbons (Fsp3) is 0.571. The highest BCUT2D eigenvalue weighted by Crippen LogP contribution is 2.37. The molecule has 1 fully saturated rings. The minimum absolute atomic E-state index is 0.444. The largest absolute Gasteiger partial charge is 0.370 e. The molecule has 0 radical (unpaired) electrons. The van der Waals surface area contributed by atoms with Gasteiger partial charge in [0.1, 0.15) is 0 Å². The molecule has 1 nitrogen and oxygen atoms in total. The Kier molecular flexibility index (Phi) is 4.35. The Hall–Kier alpha value is -0.240. The van der Waals surface area contributed by atoms with E-state index in [4.69, 9.17) is 27.9 Å². The first-order valence-electron chi connectivity index (χ1n) is 6.26. The van der Waals surface area contributed by atoms with Crippen LogP contribution in [0.1, 0.15) is 44.6 Å². The molecule has 0 spiro atoms. The van der Waals surface area contributed by atoms with Crippen molar-refractivity contribution >= 4 is 23.2 Å². The highest BCUT2D eigenvalue weighted by Gasteiger charge is 2.38. The molecule has 0 bridgehead atoms. The number of rotatable bonds is 5. The molecule has 1 aliphatic heterocycles. The zero-order valence-corrected chi connectivity index (χ0v) is 11.8. The van der Waals surface area contributed by atoms with Gasteiger partial charge in [-0.15, -0.1) is 0 Å². The lowest BCUT2D eigenvalue weighted by Crippen LogP contribution is -2.03. The van der Waals surface area contributed by atoms with Crippen LogP contribution < -0.4 is 0 Å². The van der Waals surface area contributed by atoms with Crippen LogP contribution in [0.2, 0.25) is 10.0 Å². The van der Waals surface area contributed by atoms with Crippen molar-refractivity contribution in [3.05, 3.63) is 33.8 Å². The maximum Gasteiger partial charge on any atom is 0.0847 e. The molecule has 1 heterocycles. The SMILES string of the molecule is CCC(CC1OC1CC)c1ccc(Cl)c(Cl)c1. The van der Waals surface area contributed by atoms with Crippen molar-refractivity contribution in [1.29, 1.82) is 0 Å². The molecular formula is C14H18Cl2O. The Morgan fingerprint density at radius 1 is 1.18 bits per heavy atom. The lowest BCUT2D eigenvalue weighted by Gasteiger charge is -2.14. The van der Waals surface area contributed by atoms with Gasteiger partial charge in [-0.25, -0.2) is 0 Å². The highest BCUT2D eigenvalue weighted by atomic mass is 35.5. The van der Waals surface area contributed by atoms with Crippen molar-refractivity contribution in [2.75, 3.05) is 0 Å². The molecule has 0 amide bonds. The second kappa shape index (κ2) is 5.60. The van der Waals surface area contributed by atoms with Crippen LogP contribution in [0.4, 0.5) is 0 Å². The molecular weight excluding hydrogens is 255 g/mol. The van der Waals surface area contributed by atoms with Crippen molar-refractivity contribution < 1.29 is 4.74 Å². The van der Waals surface area contributed by atoms with E-state index in [-0.39, 0.29) is 0 Å². The predicted molar refractivity (Wildman–Crippen MR) is 73.1 cm³/mol. The first-order valence-corrected chi connectivity index (χ1v) is 7.01. The second-order valence-electron chi connectivity index (χ2n) is 4.64. The van der Waals surface area contributed by atoms with Gasteiger partial charge in [-0.2, -0.15) is 0 Å². The zero-order valence-electron chi connectivity index (χ0n) is 10.2. The van der Waals surface area contributed by atoms with E-state index in [1.54, 1.807) is 0 Å². The topological polar surface area (TPSA) is 12.5 Å². The molecule has 0 saturated carbocycles. The first kappa shape index (κ1) is 13.2. The molecule has 94 valence electrons. The molecule has 0 aromatic heterocycles. The minimum atomic E-state index is 0.444. The molecule has 0 aliphatic carbocycles. The lowest BCUT2D eigenvalue weighted by molar-refractivity contribution is 0.349. The number of hydrogen-bond acceptors (Lipinski definition) is 1. The van der Waals surface area contributed by atoms with Crippen LogP contribution in [-0.4, -0.2) is 12.2 Å². The monoisotopic (exact) mass is 272 g/mol. The van der Waals surface area contributed by atoms with Crippen LogP contribution in [0.15, 0.2) is 18.2 Å². The highest BCUT2D eigenvalue weighted by molar-refractivity contribution is 6.42. The van der Waals surface area contributed by atoms with Crippen molar-refractivity contribution in [3.63, 3.8) is 0 Å². The summed E-state index contributed by atoms with van der Waals surface area (Å²) in [6.45, 7) is 4.38. The van der Waals surface area contributed by atoms with Crippen LogP contribution in [0.3, 0.4) is 0 Å². The molecule has 1 saturated heterocycles. The van der Waals surface area contributed by atoms with Crippen molar-refractivity contribution in [1.82, 2.24) is 0 Å². The molecule has 1 aromatic carbocycles. The van der Waals surface area contributed by atoms with Crippen LogP contribution in [0, 0.1) is 0 Å². The maximum absolute atomic E-state index is 6.06. The summed E-state index contributed by atoms with van der Waals surface area (Å²) >= 11 is 12.0. The summed E-state index contributed by atoms with van der Waals surface area (Å²) in [6.07, 6.45) is 4.23. The fourth-order valence-electron chi connectivity index (χ4n) is 2.33. The van der Waals surface area contributed by atoms with Gasteiger partial charge < -0.3 is 4.74 Å². The summed E-state index contributed by atoms with van der Waals surface area (Å²) in [4.78, 5) is 0. The number of hydrogen-bond donors (Lipinski definition) is 0. The molecule has 17 heavy (non-hydrogen) atoms. The van der Waals surface area contributed by atoms with Gasteiger partial charge in [0.25, 0.3) is 0 Å². The van der Waals surface area contributed by atoms with Gasteiger partial charge in [-0.1, -0.05) is 43.1 Å². The summed E-state index contributed by atoms with van der Waals surface area (Å²) in [5.41, 5.74) is 1.27. The van der Waals surface area contributed by atoms with Gasteiger partial charge in [0.05, 0.1) is 22.3 Å². The summed E-state index contributed by atoms with van der Waals surface area (Å²) in [5, 5.41) is 1.27. The Bertz CT molecular complexity index is 392. The average Bonchev–Trinajstić information content (AvgIpc) is 3.08. The van der Waals surface area contributed by atoms with Crippen LogP contribution in [0.25, 0.3) is 0 Å². The number of epoxide rings is 1. The van der Waals surface area contributed by atoms with E-state index in [9.17, 15) is 0 Å². The van der Waals surface area contributed by atoms with E-state index in [1.807, 2.05) is 12.1 Å². The summed E-state index contributed by atoms with van der Waals surface area (Å²) < 4.78 is 5.61. The molecule has 0 N–H and O–H groups in total. The third kappa shape index (κ3) is 3.15. The van der Waals surface area contributed by atoms with Crippen LogP contribution in [-0.2, 0) is 4.74 Å². The summed E-state index contributed by atoms with van der Waals surface area (Å²) in [6, 6.07) is 5.94. The van der Waals surface area contributed by atoms with Crippen LogP contribution >= 0.6 is 23.2 Å². The molecule has 2 rings (SSSR count). The van der Waals surface area contributed by atoms with E-state index in [0.717, 1.165) is 19.3 Å². The standard InChI is InChI=1S/C14H18Cl2O/c1-3-9(8-14-13(4-2)17-14)10-5-6-11(15)12(16)7-10/h5-7,9,13-14H,3-4,8H2,1-2H3. The Balaban J connectivity index is 2.04. The zero-order chi connectivity index (χ0) is 12.4. The smallest absolute Gasteiger partial charge is 0.0847 e. The van der Waals surface area contributed by atoms with Gasteiger partial charge in [0.2, 0.25) is 0 Å². The van der Waals surface area contributed by atoms with Crippen molar-refractivity contribution in [2.24, 2.45) is 0 Å². The third-order valence-corrected chi connectivity index (χ3v) is 4.25. The Morgan fingerprint density at radius 2 is 1.94 bits per heavy atom. The molecule has 1 aliphatic rings. The first-order chi connectivity index (χ1) is 8.15. The lowest BCUT2D eigenvalue weighted by atomic mass is 9.91. The van der Waals surface area contributed by atoms with Crippen molar-refractivity contribution in [2.45, 2.75) is 51.2 Å². The fourth-order valence-corrected chi connectivity index (χ4v) is 2.64. The Labute approximate surface area is 113 Å².